The van der Waals surface area contributed by atoms with Crippen LogP contribution in [0.25, 0.3) is 16.6 Å². The summed E-state index contributed by atoms with van der Waals surface area (Å²) in [4.78, 5) is 16.1. The summed E-state index contributed by atoms with van der Waals surface area (Å²) in [5, 5.41) is 8.37. The number of methoxy groups -OCH3 is 1. The van der Waals surface area contributed by atoms with Gasteiger partial charge in [0.05, 0.1) is 12.8 Å². The molecule has 1 aromatic heterocycles. The number of thiazole rings is 1. The van der Waals surface area contributed by atoms with Crippen LogP contribution in [0.4, 0.5) is 0 Å². The zero-order valence-electron chi connectivity index (χ0n) is 11.0. The van der Waals surface area contributed by atoms with E-state index in [1.165, 1.54) is 11.3 Å². The van der Waals surface area contributed by atoms with Gasteiger partial charge in [-0.2, -0.15) is 0 Å². The first kappa shape index (κ1) is 13.7. The highest BCUT2D eigenvalue weighted by Gasteiger charge is 2.20. The van der Waals surface area contributed by atoms with Crippen molar-refractivity contribution in [3.63, 3.8) is 0 Å². The number of hydrogen-bond acceptors (Lipinski definition) is 5. The van der Waals surface area contributed by atoms with Gasteiger partial charge in [0, 0.05) is 10.9 Å². The van der Waals surface area contributed by atoms with Gasteiger partial charge in [0.1, 0.15) is 16.5 Å². The summed E-state index contributed by atoms with van der Waals surface area (Å²) >= 11 is 6.39. The van der Waals surface area contributed by atoms with E-state index in [4.69, 9.17) is 17.0 Å². The predicted octanol–water partition coefficient (Wildman–Crippen LogP) is 2.16. The second-order valence-corrected chi connectivity index (χ2v) is 5.54. The molecule has 1 amide bonds. The van der Waals surface area contributed by atoms with E-state index in [9.17, 15) is 4.79 Å². The van der Waals surface area contributed by atoms with Crippen LogP contribution in [0.3, 0.4) is 0 Å². The first-order valence-electron chi connectivity index (χ1n) is 6.10. The Kier molecular flexibility index (Phi) is 3.68. The van der Waals surface area contributed by atoms with Gasteiger partial charge in [-0.25, -0.2) is 4.98 Å². The van der Waals surface area contributed by atoms with Crippen LogP contribution in [-0.4, -0.2) is 23.1 Å². The van der Waals surface area contributed by atoms with Gasteiger partial charge in [-0.3, -0.25) is 10.1 Å². The normalized spacial score (nSPS) is 16.0. The van der Waals surface area contributed by atoms with Gasteiger partial charge < -0.3 is 10.1 Å². The standard InChI is InChI=1S/C14H11N3O2S2/c1-19-10-4-2-3-8(5-10)13-15-9(7-21-13)6-11-12(18)17-14(20)16-11/h2-7H,1H3,(H2,16,17,18,20)/b11-6+. The van der Waals surface area contributed by atoms with E-state index >= 15 is 0 Å². The molecule has 5 nitrogen and oxygen atoms in total. The van der Waals surface area contributed by atoms with Crippen molar-refractivity contribution in [3.8, 4) is 16.3 Å². The zero-order chi connectivity index (χ0) is 14.8. The Bertz CT molecular complexity index is 752. The second kappa shape index (κ2) is 5.63. The van der Waals surface area contributed by atoms with E-state index in [0.29, 0.717) is 16.5 Å². The number of benzene rings is 1. The number of nitrogens with one attached hydrogen (secondary N) is 2. The zero-order valence-corrected chi connectivity index (χ0v) is 12.7. The molecule has 1 aromatic carbocycles. The average Bonchev–Trinajstić information content (AvgIpc) is 3.06. The average molecular weight is 317 g/mol. The highest BCUT2D eigenvalue weighted by molar-refractivity contribution is 7.80. The largest absolute Gasteiger partial charge is 0.497 e. The number of hydrogen-bond donors (Lipinski definition) is 2. The second-order valence-electron chi connectivity index (χ2n) is 4.28. The summed E-state index contributed by atoms with van der Waals surface area (Å²) < 4.78 is 5.20. The van der Waals surface area contributed by atoms with E-state index in [1.54, 1.807) is 13.2 Å². The fourth-order valence-electron chi connectivity index (χ4n) is 1.87. The lowest BCUT2D eigenvalue weighted by molar-refractivity contribution is -0.115. The highest BCUT2D eigenvalue weighted by atomic mass is 32.1. The molecule has 0 radical (unpaired) electrons. The van der Waals surface area contributed by atoms with Crippen molar-refractivity contribution in [2.75, 3.05) is 7.11 Å². The number of amides is 1. The molecule has 2 N–H and O–H groups in total. The quantitative estimate of drug-likeness (QED) is 0.671. The topological polar surface area (TPSA) is 63.2 Å². The number of thiocarbonyl (C=S) groups is 1. The van der Waals surface area contributed by atoms with Crippen molar-refractivity contribution >= 4 is 40.7 Å². The van der Waals surface area contributed by atoms with Gasteiger partial charge in [-0.1, -0.05) is 12.1 Å². The fraction of sp³-hybridized carbons (Fsp3) is 0.0714. The highest BCUT2D eigenvalue weighted by Crippen LogP contribution is 2.27. The Morgan fingerprint density at radius 3 is 2.95 bits per heavy atom. The van der Waals surface area contributed by atoms with E-state index in [1.807, 2.05) is 29.6 Å². The summed E-state index contributed by atoms with van der Waals surface area (Å²) in [6, 6.07) is 7.69. The minimum Gasteiger partial charge on any atom is -0.497 e. The monoisotopic (exact) mass is 317 g/mol. The molecular weight excluding hydrogens is 306 g/mol. The van der Waals surface area contributed by atoms with Crippen LogP contribution in [-0.2, 0) is 4.79 Å². The third-order valence-corrected chi connectivity index (χ3v) is 3.96. The maximum absolute atomic E-state index is 11.6. The lowest BCUT2D eigenvalue weighted by Gasteiger charge is -2.01. The molecule has 21 heavy (non-hydrogen) atoms. The molecule has 2 aromatic rings. The lowest BCUT2D eigenvalue weighted by Crippen LogP contribution is -2.21. The number of nitrogens with zero attached hydrogens (tertiary/aromatic N) is 1. The molecule has 106 valence electrons. The smallest absolute Gasteiger partial charge is 0.273 e. The summed E-state index contributed by atoms with van der Waals surface area (Å²) in [6.07, 6.45) is 1.68. The molecule has 0 atom stereocenters. The maximum Gasteiger partial charge on any atom is 0.273 e. The number of ether oxygens (including phenoxy) is 1. The molecular formula is C14H11N3O2S2. The number of carbonyl (C=O) groups is 1. The molecule has 1 aliphatic heterocycles. The van der Waals surface area contributed by atoms with E-state index in [0.717, 1.165) is 16.3 Å². The molecule has 7 heteroatoms. The van der Waals surface area contributed by atoms with Crippen LogP contribution >= 0.6 is 23.6 Å². The Hall–Kier alpha value is -2.25. The lowest BCUT2D eigenvalue weighted by atomic mass is 10.2. The molecule has 0 unspecified atom stereocenters. The number of rotatable bonds is 3. The molecule has 0 aliphatic carbocycles. The minimum absolute atomic E-state index is 0.240. The van der Waals surface area contributed by atoms with Crippen LogP contribution in [0, 0.1) is 0 Å². The molecule has 0 saturated carbocycles. The van der Waals surface area contributed by atoms with Crippen LogP contribution < -0.4 is 15.4 Å². The molecule has 1 aliphatic rings. The Morgan fingerprint density at radius 1 is 1.38 bits per heavy atom. The molecule has 0 spiro atoms. The van der Waals surface area contributed by atoms with Gasteiger partial charge in [-0.05, 0) is 30.4 Å². The predicted molar refractivity (Wildman–Crippen MR) is 86.0 cm³/mol. The number of carbonyl (C=O) groups excluding carboxylic acids is 1. The van der Waals surface area contributed by atoms with Crippen molar-refractivity contribution in [1.29, 1.82) is 0 Å². The summed E-state index contributed by atoms with van der Waals surface area (Å²) in [5.41, 5.74) is 2.09. The van der Waals surface area contributed by atoms with Gasteiger partial charge in [0.15, 0.2) is 5.11 Å². The fourth-order valence-corrected chi connectivity index (χ4v) is 2.85. The van der Waals surface area contributed by atoms with Crippen LogP contribution in [0.5, 0.6) is 5.75 Å². The first-order valence-corrected chi connectivity index (χ1v) is 7.38. The van der Waals surface area contributed by atoms with Crippen molar-refractivity contribution in [3.05, 3.63) is 41.0 Å². The van der Waals surface area contributed by atoms with Gasteiger partial charge in [0.2, 0.25) is 0 Å². The van der Waals surface area contributed by atoms with E-state index < -0.39 is 0 Å². The summed E-state index contributed by atoms with van der Waals surface area (Å²) in [7, 11) is 1.63. The Morgan fingerprint density at radius 2 is 2.24 bits per heavy atom. The van der Waals surface area contributed by atoms with Gasteiger partial charge in [-0.15, -0.1) is 11.3 Å². The van der Waals surface area contributed by atoms with Crippen LogP contribution in [0.2, 0.25) is 0 Å². The third kappa shape index (κ3) is 2.93. The van der Waals surface area contributed by atoms with E-state index in [-0.39, 0.29) is 5.91 Å². The summed E-state index contributed by atoms with van der Waals surface area (Å²) in [6.45, 7) is 0. The Labute approximate surface area is 130 Å². The van der Waals surface area contributed by atoms with Crippen LogP contribution in [0.15, 0.2) is 35.3 Å². The third-order valence-electron chi connectivity index (χ3n) is 2.85. The SMILES string of the molecule is COc1cccc(-c2nc(/C=C3/NC(=S)NC3=O)cs2)c1. The molecule has 0 bridgehead atoms. The van der Waals surface area contributed by atoms with Crippen molar-refractivity contribution in [1.82, 2.24) is 15.6 Å². The molecule has 2 heterocycles. The van der Waals surface area contributed by atoms with Crippen molar-refractivity contribution in [2.24, 2.45) is 0 Å². The van der Waals surface area contributed by atoms with Crippen LogP contribution in [0.1, 0.15) is 5.69 Å². The Balaban J connectivity index is 1.88. The summed E-state index contributed by atoms with van der Waals surface area (Å²) in [5.74, 6) is 0.542. The van der Waals surface area contributed by atoms with Gasteiger partial charge >= 0.3 is 0 Å². The maximum atomic E-state index is 11.6. The first-order chi connectivity index (χ1) is 10.2. The van der Waals surface area contributed by atoms with E-state index in [2.05, 4.69) is 15.6 Å². The molecule has 3 rings (SSSR count). The molecule has 1 fully saturated rings. The molecule has 1 saturated heterocycles. The minimum atomic E-state index is -0.240. The van der Waals surface area contributed by atoms with Gasteiger partial charge in [0.25, 0.3) is 5.91 Å². The van der Waals surface area contributed by atoms with Crippen molar-refractivity contribution < 1.29 is 9.53 Å². The number of aromatic nitrogens is 1. The van der Waals surface area contributed by atoms with Crippen molar-refractivity contribution in [2.45, 2.75) is 0 Å².